The van der Waals surface area contributed by atoms with Gasteiger partial charge >= 0.3 is 5.97 Å². The fourth-order valence-electron chi connectivity index (χ4n) is 3.35. The fraction of sp³-hybridized carbons (Fsp3) is 0.600. The van der Waals surface area contributed by atoms with Gasteiger partial charge in [0.1, 0.15) is 6.10 Å². The molecule has 3 heteroatoms. The van der Waals surface area contributed by atoms with Crippen LogP contribution in [0.25, 0.3) is 0 Å². The number of ether oxygens (including phenoxy) is 1. The second-order valence-electron chi connectivity index (χ2n) is 6.91. The predicted molar refractivity (Wildman–Crippen MR) is 94.0 cm³/mol. The van der Waals surface area contributed by atoms with E-state index in [1.54, 1.807) is 0 Å². The Morgan fingerprint density at radius 1 is 1.43 bits per heavy atom. The third-order valence-corrected chi connectivity index (χ3v) is 4.91. The molecule has 2 atom stereocenters. The number of carbonyl (C=O) groups excluding carboxylic acids is 2. The van der Waals surface area contributed by atoms with E-state index in [9.17, 15) is 9.59 Å². The minimum absolute atomic E-state index is 0.0726. The zero-order valence-corrected chi connectivity index (χ0v) is 15.1. The summed E-state index contributed by atoms with van der Waals surface area (Å²) < 4.78 is 5.28. The number of allylic oxidation sites excluding steroid dienone is 4. The zero-order chi connectivity index (χ0) is 17.6. The first kappa shape index (κ1) is 19.4. The molecule has 1 rings (SSSR count). The van der Waals surface area contributed by atoms with Crippen LogP contribution in [-0.2, 0) is 14.3 Å². The molecule has 0 saturated heterocycles. The van der Waals surface area contributed by atoms with Crippen LogP contribution in [0.2, 0.25) is 0 Å². The van der Waals surface area contributed by atoms with E-state index in [0.717, 1.165) is 19.3 Å². The monoisotopic (exact) mass is 318 g/mol. The third kappa shape index (κ3) is 5.19. The van der Waals surface area contributed by atoms with E-state index in [2.05, 4.69) is 33.4 Å². The maximum atomic E-state index is 11.8. The molecule has 0 spiro atoms. The van der Waals surface area contributed by atoms with Crippen molar-refractivity contribution in [3.63, 3.8) is 0 Å². The maximum Gasteiger partial charge on any atom is 0.303 e. The molecule has 0 bridgehead atoms. The van der Waals surface area contributed by atoms with Gasteiger partial charge in [0.2, 0.25) is 0 Å². The van der Waals surface area contributed by atoms with Gasteiger partial charge in [-0.2, -0.15) is 0 Å². The fourth-order valence-corrected chi connectivity index (χ4v) is 3.35. The van der Waals surface area contributed by atoms with Gasteiger partial charge in [0, 0.05) is 13.3 Å². The molecular formula is C20H30O3. The summed E-state index contributed by atoms with van der Waals surface area (Å²) >= 11 is 0. The van der Waals surface area contributed by atoms with Gasteiger partial charge in [-0.05, 0) is 49.7 Å². The molecule has 0 aliphatic heterocycles. The van der Waals surface area contributed by atoms with Gasteiger partial charge in [-0.25, -0.2) is 0 Å². The lowest BCUT2D eigenvalue weighted by atomic mass is 9.64. The molecule has 0 aromatic rings. The van der Waals surface area contributed by atoms with Gasteiger partial charge in [-0.1, -0.05) is 44.6 Å². The normalized spacial score (nSPS) is 22.0. The second kappa shape index (κ2) is 8.28. The highest BCUT2D eigenvalue weighted by molar-refractivity contribution is 5.91. The summed E-state index contributed by atoms with van der Waals surface area (Å²) in [6.45, 7) is 13.5. The van der Waals surface area contributed by atoms with Gasteiger partial charge in [0.05, 0.1) is 0 Å². The summed E-state index contributed by atoms with van der Waals surface area (Å²) in [5.74, 6) is 0.157. The molecule has 0 aromatic heterocycles. The standard InChI is InChI=1S/C20H30O3/c1-7-17(22)13-19-14(3)9-10-16(20(19,5)6)11-12-18(8-2)23-15(4)21/h7,11-12,16,18H,1,8-10,13H2,2-6H3/b12-11+. The van der Waals surface area contributed by atoms with E-state index in [4.69, 9.17) is 4.74 Å². The van der Waals surface area contributed by atoms with Crippen molar-refractivity contribution >= 4 is 11.8 Å². The molecule has 2 unspecified atom stereocenters. The van der Waals surface area contributed by atoms with Crippen molar-refractivity contribution in [1.29, 1.82) is 0 Å². The van der Waals surface area contributed by atoms with Crippen molar-refractivity contribution in [2.24, 2.45) is 11.3 Å². The molecule has 0 saturated carbocycles. The Morgan fingerprint density at radius 3 is 2.61 bits per heavy atom. The number of rotatable bonds is 7. The Balaban J connectivity index is 2.95. The van der Waals surface area contributed by atoms with Crippen LogP contribution in [0.1, 0.15) is 60.3 Å². The van der Waals surface area contributed by atoms with Crippen molar-refractivity contribution in [3.8, 4) is 0 Å². The van der Waals surface area contributed by atoms with Crippen molar-refractivity contribution in [1.82, 2.24) is 0 Å². The van der Waals surface area contributed by atoms with Crippen LogP contribution in [0.5, 0.6) is 0 Å². The molecule has 0 amide bonds. The van der Waals surface area contributed by atoms with Crippen LogP contribution in [0.4, 0.5) is 0 Å². The van der Waals surface area contributed by atoms with E-state index >= 15 is 0 Å². The Hall–Kier alpha value is -1.64. The molecule has 0 heterocycles. The smallest absolute Gasteiger partial charge is 0.303 e. The Morgan fingerprint density at radius 2 is 2.09 bits per heavy atom. The molecule has 1 aliphatic carbocycles. The van der Waals surface area contributed by atoms with Crippen LogP contribution in [0, 0.1) is 11.3 Å². The number of hydrogen-bond acceptors (Lipinski definition) is 3. The Bertz CT molecular complexity index is 523. The van der Waals surface area contributed by atoms with Crippen LogP contribution >= 0.6 is 0 Å². The average molecular weight is 318 g/mol. The van der Waals surface area contributed by atoms with Gasteiger partial charge in [0.25, 0.3) is 0 Å². The summed E-state index contributed by atoms with van der Waals surface area (Å²) in [7, 11) is 0. The molecule has 0 fully saturated rings. The zero-order valence-electron chi connectivity index (χ0n) is 15.1. The molecule has 0 radical (unpaired) electrons. The lowest BCUT2D eigenvalue weighted by Crippen LogP contribution is -2.31. The number of ketones is 1. The quantitative estimate of drug-likeness (QED) is 0.385. The summed E-state index contributed by atoms with van der Waals surface area (Å²) in [5, 5.41) is 0. The van der Waals surface area contributed by atoms with Crippen LogP contribution in [-0.4, -0.2) is 17.9 Å². The SMILES string of the molecule is C=CC(=O)CC1=C(C)CCC(/C=C/C(CC)OC(C)=O)C1(C)C. The highest BCUT2D eigenvalue weighted by Gasteiger charge is 2.36. The maximum absolute atomic E-state index is 11.8. The molecular weight excluding hydrogens is 288 g/mol. The predicted octanol–water partition coefficient (Wildman–Crippen LogP) is 4.78. The molecule has 0 aromatic carbocycles. The summed E-state index contributed by atoms with van der Waals surface area (Å²) in [6.07, 6.45) is 8.68. The number of carbonyl (C=O) groups is 2. The molecule has 128 valence electrons. The van der Waals surface area contributed by atoms with E-state index in [1.807, 2.05) is 13.0 Å². The molecule has 1 aliphatic rings. The first-order chi connectivity index (χ1) is 10.7. The number of esters is 1. The van der Waals surface area contributed by atoms with Crippen molar-refractivity contribution in [2.45, 2.75) is 66.4 Å². The highest BCUT2D eigenvalue weighted by Crippen LogP contribution is 2.46. The highest BCUT2D eigenvalue weighted by atomic mass is 16.5. The Labute approximate surface area is 140 Å². The van der Waals surface area contributed by atoms with Crippen molar-refractivity contribution < 1.29 is 14.3 Å². The number of hydrogen-bond donors (Lipinski definition) is 0. The van der Waals surface area contributed by atoms with E-state index < -0.39 is 0 Å². The van der Waals surface area contributed by atoms with Gasteiger partial charge in [-0.3, -0.25) is 9.59 Å². The minimum Gasteiger partial charge on any atom is -0.458 e. The Kier molecular flexibility index (Phi) is 6.99. The molecule has 0 N–H and O–H groups in total. The van der Waals surface area contributed by atoms with Crippen LogP contribution < -0.4 is 0 Å². The van der Waals surface area contributed by atoms with E-state index in [-0.39, 0.29) is 23.3 Å². The summed E-state index contributed by atoms with van der Waals surface area (Å²) in [5.41, 5.74) is 2.47. The summed E-state index contributed by atoms with van der Waals surface area (Å²) in [4.78, 5) is 23.0. The summed E-state index contributed by atoms with van der Waals surface area (Å²) in [6, 6.07) is 0. The molecule has 3 nitrogen and oxygen atoms in total. The van der Waals surface area contributed by atoms with Crippen molar-refractivity contribution in [2.75, 3.05) is 0 Å². The van der Waals surface area contributed by atoms with Gasteiger partial charge < -0.3 is 4.74 Å². The van der Waals surface area contributed by atoms with E-state index in [1.165, 1.54) is 24.1 Å². The van der Waals surface area contributed by atoms with E-state index in [0.29, 0.717) is 12.3 Å². The minimum atomic E-state index is -0.252. The lowest BCUT2D eigenvalue weighted by Gasteiger charge is -2.40. The van der Waals surface area contributed by atoms with Crippen LogP contribution in [0.15, 0.2) is 36.0 Å². The van der Waals surface area contributed by atoms with Gasteiger partial charge in [-0.15, -0.1) is 0 Å². The third-order valence-electron chi connectivity index (χ3n) is 4.91. The first-order valence-electron chi connectivity index (χ1n) is 8.42. The lowest BCUT2D eigenvalue weighted by molar-refractivity contribution is -0.144. The van der Waals surface area contributed by atoms with Crippen LogP contribution in [0.3, 0.4) is 0 Å². The van der Waals surface area contributed by atoms with Crippen molar-refractivity contribution in [3.05, 3.63) is 36.0 Å². The molecule has 23 heavy (non-hydrogen) atoms. The average Bonchev–Trinajstić information content (AvgIpc) is 2.48. The largest absolute Gasteiger partial charge is 0.458 e. The second-order valence-corrected chi connectivity index (χ2v) is 6.91. The first-order valence-corrected chi connectivity index (χ1v) is 8.42. The topological polar surface area (TPSA) is 43.4 Å². The van der Waals surface area contributed by atoms with Gasteiger partial charge in [0.15, 0.2) is 5.78 Å².